The Bertz CT molecular complexity index is 1370. The number of primary amides is 1. The van der Waals surface area contributed by atoms with E-state index in [0.29, 0.717) is 17.4 Å². The minimum absolute atomic E-state index is 0.220. The molecule has 33 heavy (non-hydrogen) atoms. The van der Waals surface area contributed by atoms with Gasteiger partial charge in [-0.25, -0.2) is 4.98 Å². The standard InChI is InChI=1S/C23H18F3N5O2/c24-23(25,26)16-11-19(28-13-18(27)33)30-22-21(16)17(32)12-20(29-14-7-3-1-4-8-14)31(22)15-9-5-2-6-10-15/h1-12,29H,13H2,(H2,27,33)(H,28,30). The van der Waals surface area contributed by atoms with E-state index in [4.69, 9.17) is 5.73 Å². The van der Waals surface area contributed by atoms with Crippen molar-refractivity contribution < 1.29 is 18.0 Å². The first-order valence-electron chi connectivity index (χ1n) is 9.82. The van der Waals surface area contributed by atoms with E-state index in [1.165, 1.54) is 4.57 Å². The highest BCUT2D eigenvalue weighted by Crippen LogP contribution is 2.36. The Labute approximate surface area is 185 Å². The Morgan fingerprint density at radius 3 is 2.24 bits per heavy atom. The number of pyridine rings is 2. The topological polar surface area (TPSA) is 102 Å². The Morgan fingerprint density at radius 2 is 1.64 bits per heavy atom. The number of nitrogens with two attached hydrogens (primary N) is 1. The maximum Gasteiger partial charge on any atom is 0.417 e. The fraction of sp³-hybridized carbons (Fsp3) is 0.0870. The van der Waals surface area contributed by atoms with Gasteiger partial charge in [0.15, 0.2) is 11.1 Å². The molecule has 4 N–H and O–H groups in total. The summed E-state index contributed by atoms with van der Waals surface area (Å²) in [6.45, 7) is -0.423. The van der Waals surface area contributed by atoms with Gasteiger partial charge in [-0.2, -0.15) is 13.2 Å². The maximum absolute atomic E-state index is 13.9. The van der Waals surface area contributed by atoms with E-state index in [-0.39, 0.29) is 17.3 Å². The number of amides is 1. The predicted molar refractivity (Wildman–Crippen MR) is 120 cm³/mol. The summed E-state index contributed by atoms with van der Waals surface area (Å²) in [7, 11) is 0. The van der Waals surface area contributed by atoms with Crippen LogP contribution in [0.2, 0.25) is 0 Å². The molecule has 4 rings (SSSR count). The van der Waals surface area contributed by atoms with E-state index >= 15 is 0 Å². The molecule has 0 fully saturated rings. The van der Waals surface area contributed by atoms with Crippen molar-refractivity contribution in [2.45, 2.75) is 6.18 Å². The normalized spacial score (nSPS) is 11.4. The predicted octanol–water partition coefficient (Wildman–Crippen LogP) is 4.05. The summed E-state index contributed by atoms with van der Waals surface area (Å²) in [5.74, 6) is -0.794. The second-order valence-electron chi connectivity index (χ2n) is 7.13. The van der Waals surface area contributed by atoms with Crippen LogP contribution >= 0.6 is 0 Å². The molecule has 0 aliphatic rings. The summed E-state index contributed by atoms with van der Waals surface area (Å²) >= 11 is 0. The molecule has 1 amide bonds. The Hall–Kier alpha value is -4.34. The van der Waals surface area contributed by atoms with E-state index in [2.05, 4.69) is 15.6 Å². The molecule has 10 heteroatoms. The first-order chi connectivity index (χ1) is 15.7. The van der Waals surface area contributed by atoms with Crippen molar-refractivity contribution in [3.8, 4) is 5.69 Å². The number of halogens is 3. The van der Waals surface area contributed by atoms with E-state index < -0.39 is 35.0 Å². The zero-order valence-electron chi connectivity index (χ0n) is 17.1. The van der Waals surface area contributed by atoms with Gasteiger partial charge in [0.05, 0.1) is 17.5 Å². The van der Waals surface area contributed by atoms with Crippen LogP contribution in [0.15, 0.2) is 77.6 Å². The number of nitrogens with zero attached hydrogens (tertiary/aromatic N) is 2. The number of alkyl halides is 3. The number of benzene rings is 2. The van der Waals surface area contributed by atoms with Crippen molar-refractivity contribution in [2.75, 3.05) is 17.2 Å². The summed E-state index contributed by atoms with van der Waals surface area (Å²) < 4.78 is 43.3. The second-order valence-corrected chi connectivity index (χ2v) is 7.13. The van der Waals surface area contributed by atoms with E-state index in [1.807, 2.05) is 6.07 Å². The van der Waals surface area contributed by atoms with Gasteiger partial charge >= 0.3 is 6.18 Å². The summed E-state index contributed by atoms with van der Waals surface area (Å²) in [5, 5.41) is 4.99. The molecule has 7 nitrogen and oxygen atoms in total. The van der Waals surface area contributed by atoms with E-state index in [0.717, 1.165) is 6.07 Å². The quantitative estimate of drug-likeness (QED) is 0.409. The number of aromatic nitrogens is 2. The number of carbonyl (C=O) groups excluding carboxylic acids is 1. The Kier molecular flexibility index (Phi) is 5.74. The minimum atomic E-state index is -4.84. The van der Waals surface area contributed by atoms with E-state index in [9.17, 15) is 22.8 Å². The van der Waals surface area contributed by atoms with E-state index in [1.54, 1.807) is 54.6 Å². The van der Waals surface area contributed by atoms with Gasteiger partial charge in [-0.05, 0) is 30.3 Å². The first-order valence-corrected chi connectivity index (χ1v) is 9.82. The number of anilines is 3. The number of para-hydroxylation sites is 2. The lowest BCUT2D eigenvalue weighted by atomic mass is 10.1. The van der Waals surface area contributed by atoms with Gasteiger partial charge in [-0.3, -0.25) is 14.2 Å². The lowest BCUT2D eigenvalue weighted by Crippen LogP contribution is -2.24. The van der Waals surface area contributed by atoms with Gasteiger partial charge in [-0.15, -0.1) is 0 Å². The zero-order valence-corrected chi connectivity index (χ0v) is 17.1. The van der Waals surface area contributed by atoms with Crippen LogP contribution in [0.3, 0.4) is 0 Å². The van der Waals surface area contributed by atoms with Crippen LogP contribution in [0.25, 0.3) is 16.7 Å². The Balaban J connectivity index is 2.07. The van der Waals surface area contributed by atoms with Crippen LogP contribution in [0, 0.1) is 0 Å². The fourth-order valence-corrected chi connectivity index (χ4v) is 3.40. The summed E-state index contributed by atoms with van der Waals surface area (Å²) in [4.78, 5) is 28.4. The van der Waals surface area contributed by atoms with Gasteiger partial charge in [0.25, 0.3) is 0 Å². The third kappa shape index (κ3) is 4.64. The third-order valence-corrected chi connectivity index (χ3v) is 4.78. The molecule has 0 spiro atoms. The average molecular weight is 453 g/mol. The smallest absolute Gasteiger partial charge is 0.368 e. The first kappa shape index (κ1) is 21.9. The summed E-state index contributed by atoms with van der Waals surface area (Å²) in [5.41, 5.74) is 3.98. The van der Waals surface area contributed by atoms with Crippen LogP contribution in [0.5, 0.6) is 0 Å². The van der Waals surface area contributed by atoms with Crippen molar-refractivity contribution in [3.63, 3.8) is 0 Å². The lowest BCUT2D eigenvalue weighted by molar-refractivity contribution is -0.136. The molecule has 0 saturated carbocycles. The maximum atomic E-state index is 13.9. The molecule has 0 aliphatic carbocycles. The van der Waals surface area contributed by atoms with Crippen LogP contribution in [-0.2, 0) is 11.0 Å². The Morgan fingerprint density at radius 1 is 1.00 bits per heavy atom. The molecule has 0 atom stereocenters. The average Bonchev–Trinajstić information content (AvgIpc) is 2.78. The number of hydrogen-bond donors (Lipinski definition) is 3. The summed E-state index contributed by atoms with van der Waals surface area (Å²) in [6.07, 6.45) is -4.84. The third-order valence-electron chi connectivity index (χ3n) is 4.78. The van der Waals surface area contributed by atoms with Gasteiger partial charge in [-0.1, -0.05) is 36.4 Å². The largest absolute Gasteiger partial charge is 0.417 e. The second kappa shape index (κ2) is 8.65. The van der Waals surface area contributed by atoms with Crippen molar-refractivity contribution in [1.29, 1.82) is 0 Å². The van der Waals surface area contributed by atoms with Crippen molar-refractivity contribution >= 4 is 34.3 Å². The highest BCUT2D eigenvalue weighted by molar-refractivity contribution is 5.86. The molecule has 0 saturated heterocycles. The number of hydrogen-bond acceptors (Lipinski definition) is 5. The van der Waals surface area contributed by atoms with Crippen molar-refractivity contribution in [2.24, 2.45) is 5.73 Å². The van der Waals surface area contributed by atoms with Crippen LogP contribution in [0.1, 0.15) is 5.56 Å². The fourth-order valence-electron chi connectivity index (χ4n) is 3.40. The number of fused-ring (bicyclic) bond motifs is 1. The van der Waals surface area contributed by atoms with Gasteiger partial charge in [0.2, 0.25) is 5.91 Å². The number of rotatable bonds is 6. The lowest BCUT2D eigenvalue weighted by Gasteiger charge is -2.20. The van der Waals surface area contributed by atoms with Crippen LogP contribution in [0.4, 0.5) is 30.5 Å². The summed E-state index contributed by atoms with van der Waals surface area (Å²) in [6, 6.07) is 19.2. The minimum Gasteiger partial charge on any atom is -0.368 e. The van der Waals surface area contributed by atoms with Crippen LogP contribution in [-0.4, -0.2) is 22.0 Å². The van der Waals surface area contributed by atoms with Gasteiger partial charge in [0.1, 0.15) is 11.6 Å². The molecule has 4 aromatic rings. The zero-order chi connectivity index (χ0) is 23.6. The van der Waals surface area contributed by atoms with Crippen LogP contribution < -0.4 is 21.8 Å². The SMILES string of the molecule is NC(=O)CNc1cc(C(F)(F)F)c2c(=O)cc(Nc3ccccc3)n(-c3ccccc3)c2n1. The molecule has 0 unspecified atom stereocenters. The van der Waals surface area contributed by atoms with Gasteiger partial charge in [0, 0.05) is 17.4 Å². The monoisotopic (exact) mass is 453 g/mol. The molecule has 0 radical (unpaired) electrons. The molecule has 0 aliphatic heterocycles. The highest BCUT2D eigenvalue weighted by Gasteiger charge is 2.35. The van der Waals surface area contributed by atoms with Crippen molar-refractivity contribution in [3.05, 3.63) is 88.6 Å². The van der Waals surface area contributed by atoms with Gasteiger partial charge < -0.3 is 16.4 Å². The molecule has 2 aromatic heterocycles. The highest BCUT2D eigenvalue weighted by atomic mass is 19.4. The molecule has 2 heterocycles. The molecule has 0 bridgehead atoms. The van der Waals surface area contributed by atoms with Crippen molar-refractivity contribution in [1.82, 2.24) is 9.55 Å². The molecule has 168 valence electrons. The number of nitrogens with one attached hydrogen (secondary N) is 2. The molecular formula is C23H18F3N5O2. The molecule has 2 aromatic carbocycles. The molecular weight excluding hydrogens is 435 g/mol. The number of carbonyl (C=O) groups is 1.